The van der Waals surface area contributed by atoms with Crippen LogP contribution in [0.1, 0.15) is 58.8 Å². The molecule has 2 heteroatoms. The van der Waals surface area contributed by atoms with E-state index in [0.29, 0.717) is 12.3 Å². The van der Waals surface area contributed by atoms with E-state index in [1.165, 1.54) is 19.3 Å². The van der Waals surface area contributed by atoms with E-state index in [4.69, 9.17) is 4.74 Å². The smallest absolute Gasteiger partial charge is 0.306 e. The molecule has 2 nitrogen and oxygen atoms in total. The van der Waals surface area contributed by atoms with Crippen molar-refractivity contribution in [3.05, 3.63) is 23.8 Å². The van der Waals surface area contributed by atoms with Crippen LogP contribution in [0.25, 0.3) is 0 Å². The Morgan fingerprint density at radius 1 is 1.19 bits per heavy atom. The maximum atomic E-state index is 11.4. The van der Waals surface area contributed by atoms with Gasteiger partial charge in [0.1, 0.15) is 6.10 Å². The number of fused-ring (bicyclic) bond motifs is 1. The maximum Gasteiger partial charge on any atom is 0.306 e. The van der Waals surface area contributed by atoms with Gasteiger partial charge in [-0.2, -0.15) is 0 Å². The lowest BCUT2D eigenvalue weighted by Crippen LogP contribution is -2.30. The lowest BCUT2D eigenvalue weighted by atomic mass is 9.66. The largest absolute Gasteiger partial charge is 0.462 e. The van der Waals surface area contributed by atoms with Gasteiger partial charge in [0.05, 0.1) is 0 Å². The number of esters is 1. The summed E-state index contributed by atoms with van der Waals surface area (Å²) in [6.07, 6.45) is 15.0. The molecule has 0 N–H and O–H groups in total. The van der Waals surface area contributed by atoms with E-state index in [1.807, 2.05) is 0 Å². The van der Waals surface area contributed by atoms with Gasteiger partial charge in [-0.05, 0) is 67.8 Å². The summed E-state index contributed by atoms with van der Waals surface area (Å²) < 4.78 is 5.49. The quantitative estimate of drug-likeness (QED) is 0.706. The highest BCUT2D eigenvalue weighted by Crippen LogP contribution is 2.43. The lowest BCUT2D eigenvalue weighted by molar-refractivity contribution is -0.154. The summed E-state index contributed by atoms with van der Waals surface area (Å²) >= 11 is 0. The van der Waals surface area contributed by atoms with Crippen LogP contribution in [0.2, 0.25) is 0 Å². The second-order valence-electron chi connectivity index (χ2n) is 7.29. The van der Waals surface area contributed by atoms with Gasteiger partial charge >= 0.3 is 5.97 Å². The Kier molecular flexibility index (Phi) is 4.51. The molecule has 0 aromatic rings. The molecule has 3 aliphatic rings. The van der Waals surface area contributed by atoms with Crippen LogP contribution in [-0.2, 0) is 9.53 Å². The number of hydrogen-bond donors (Lipinski definition) is 0. The van der Waals surface area contributed by atoms with E-state index in [9.17, 15) is 4.79 Å². The first-order chi connectivity index (χ1) is 10.1. The molecule has 116 valence electrons. The summed E-state index contributed by atoms with van der Waals surface area (Å²) in [5.74, 6) is 2.86. The summed E-state index contributed by atoms with van der Waals surface area (Å²) in [6.45, 7) is 4.68. The van der Waals surface area contributed by atoms with Gasteiger partial charge in [0.2, 0.25) is 0 Å². The van der Waals surface area contributed by atoms with Gasteiger partial charge in [-0.1, -0.05) is 32.1 Å². The highest BCUT2D eigenvalue weighted by molar-refractivity contribution is 5.70. The molecule has 0 aromatic heterocycles. The van der Waals surface area contributed by atoms with Gasteiger partial charge in [0.15, 0.2) is 0 Å². The Labute approximate surface area is 128 Å². The summed E-state index contributed by atoms with van der Waals surface area (Å²) in [6, 6.07) is 0. The van der Waals surface area contributed by atoms with Crippen LogP contribution in [-0.4, -0.2) is 12.1 Å². The zero-order chi connectivity index (χ0) is 14.8. The van der Waals surface area contributed by atoms with Crippen molar-refractivity contribution in [3.63, 3.8) is 0 Å². The molecule has 0 saturated carbocycles. The van der Waals surface area contributed by atoms with Crippen LogP contribution >= 0.6 is 0 Å². The van der Waals surface area contributed by atoms with Gasteiger partial charge in [0.25, 0.3) is 0 Å². The molecule has 0 amide bonds. The minimum absolute atomic E-state index is 0.00918. The Balaban J connectivity index is 1.62. The van der Waals surface area contributed by atoms with Crippen LogP contribution < -0.4 is 0 Å². The molecule has 2 aliphatic carbocycles. The molecule has 0 radical (unpaired) electrons. The average Bonchev–Trinajstić information content (AvgIpc) is 2.46. The highest BCUT2D eigenvalue weighted by atomic mass is 16.5. The van der Waals surface area contributed by atoms with Crippen LogP contribution in [0.15, 0.2) is 23.8 Å². The first-order valence-corrected chi connectivity index (χ1v) is 8.73. The molecule has 21 heavy (non-hydrogen) atoms. The summed E-state index contributed by atoms with van der Waals surface area (Å²) in [4.78, 5) is 11.4. The molecule has 5 atom stereocenters. The van der Waals surface area contributed by atoms with Crippen LogP contribution in [0.4, 0.5) is 0 Å². The second-order valence-corrected chi connectivity index (χ2v) is 7.29. The van der Waals surface area contributed by atoms with Gasteiger partial charge in [0, 0.05) is 6.42 Å². The average molecular weight is 288 g/mol. The van der Waals surface area contributed by atoms with Crippen molar-refractivity contribution in [1.82, 2.24) is 0 Å². The van der Waals surface area contributed by atoms with Crippen molar-refractivity contribution in [1.29, 1.82) is 0 Å². The number of cyclic esters (lactones) is 1. The first kappa shape index (κ1) is 14.9. The number of rotatable bonds is 3. The SMILES string of the molecule is CC1C=CC2=C[C@H](C)CCC2C1CC[C@@H]1CCCC(=O)O1. The third-order valence-electron chi connectivity index (χ3n) is 5.65. The molecule has 0 aromatic carbocycles. The minimum Gasteiger partial charge on any atom is -0.462 e. The first-order valence-electron chi connectivity index (χ1n) is 8.73. The molecular weight excluding hydrogens is 260 g/mol. The van der Waals surface area contributed by atoms with E-state index >= 15 is 0 Å². The topological polar surface area (TPSA) is 26.3 Å². The van der Waals surface area contributed by atoms with Crippen molar-refractivity contribution < 1.29 is 9.53 Å². The van der Waals surface area contributed by atoms with E-state index in [2.05, 4.69) is 32.1 Å². The Bertz CT molecular complexity index is 448. The summed E-state index contributed by atoms with van der Waals surface area (Å²) in [7, 11) is 0. The highest BCUT2D eigenvalue weighted by Gasteiger charge is 2.33. The molecule has 1 fully saturated rings. The number of allylic oxidation sites excluding steroid dienone is 4. The number of carbonyl (C=O) groups excluding carboxylic acids is 1. The predicted molar refractivity (Wildman–Crippen MR) is 84.7 cm³/mol. The van der Waals surface area contributed by atoms with E-state index in [1.54, 1.807) is 5.57 Å². The zero-order valence-electron chi connectivity index (χ0n) is 13.4. The van der Waals surface area contributed by atoms with Crippen LogP contribution in [0.3, 0.4) is 0 Å². The van der Waals surface area contributed by atoms with Crippen LogP contribution in [0, 0.1) is 23.7 Å². The normalized spacial score (nSPS) is 39.4. The summed E-state index contributed by atoms with van der Waals surface area (Å²) in [5.41, 5.74) is 1.57. The van der Waals surface area contributed by atoms with Gasteiger partial charge in [-0.15, -0.1) is 0 Å². The fourth-order valence-corrected chi connectivity index (χ4v) is 4.38. The predicted octanol–water partition coefficient (Wildman–Crippen LogP) is 4.66. The van der Waals surface area contributed by atoms with E-state index in [0.717, 1.165) is 37.0 Å². The monoisotopic (exact) mass is 288 g/mol. The molecule has 1 saturated heterocycles. The van der Waals surface area contributed by atoms with E-state index in [-0.39, 0.29) is 12.1 Å². The second kappa shape index (κ2) is 6.37. The van der Waals surface area contributed by atoms with Gasteiger partial charge < -0.3 is 4.74 Å². The molecular formula is C19H28O2. The Hall–Kier alpha value is -1.05. The minimum atomic E-state index is 0.00918. The molecule has 0 spiro atoms. The fraction of sp³-hybridized carbons (Fsp3) is 0.737. The molecule has 1 aliphatic heterocycles. The third kappa shape index (κ3) is 3.41. The Morgan fingerprint density at radius 3 is 2.86 bits per heavy atom. The van der Waals surface area contributed by atoms with Crippen molar-refractivity contribution in [2.45, 2.75) is 64.9 Å². The summed E-state index contributed by atoms with van der Waals surface area (Å²) in [5, 5.41) is 0. The van der Waals surface area contributed by atoms with Crippen LogP contribution in [0.5, 0.6) is 0 Å². The Morgan fingerprint density at radius 2 is 2.05 bits per heavy atom. The van der Waals surface area contributed by atoms with Gasteiger partial charge in [-0.25, -0.2) is 0 Å². The molecule has 1 heterocycles. The van der Waals surface area contributed by atoms with Crippen molar-refractivity contribution in [3.8, 4) is 0 Å². The van der Waals surface area contributed by atoms with Gasteiger partial charge in [-0.3, -0.25) is 4.79 Å². The standard InChI is InChI=1S/C19H28O2/c1-13-6-10-18-15(12-13)8-7-14(2)17(18)11-9-16-4-3-5-19(20)21-16/h7-8,12-14,16-18H,3-6,9-11H2,1-2H3/t13-,14?,16+,17?,18?/m1/s1. The third-order valence-corrected chi connectivity index (χ3v) is 5.65. The molecule has 0 bridgehead atoms. The number of carbonyl (C=O) groups is 1. The fourth-order valence-electron chi connectivity index (χ4n) is 4.38. The van der Waals surface area contributed by atoms with E-state index < -0.39 is 0 Å². The number of hydrogen-bond acceptors (Lipinski definition) is 2. The maximum absolute atomic E-state index is 11.4. The molecule has 3 unspecified atom stereocenters. The molecule has 3 rings (SSSR count). The van der Waals surface area contributed by atoms with Crippen molar-refractivity contribution in [2.75, 3.05) is 0 Å². The number of ether oxygens (including phenoxy) is 1. The lowest BCUT2D eigenvalue weighted by Gasteiger charge is -2.39. The van der Waals surface area contributed by atoms with Crippen molar-refractivity contribution >= 4 is 5.97 Å². The zero-order valence-corrected chi connectivity index (χ0v) is 13.4. The van der Waals surface area contributed by atoms with Crippen molar-refractivity contribution in [2.24, 2.45) is 23.7 Å².